The second kappa shape index (κ2) is 7.56. The van der Waals surface area contributed by atoms with E-state index in [0.717, 1.165) is 0 Å². The number of methoxy groups -OCH3 is 1. The van der Waals surface area contributed by atoms with Gasteiger partial charge in [0.1, 0.15) is 17.1 Å². The Labute approximate surface area is 95.8 Å². The number of hydrogen-bond donors (Lipinski definition) is 1. The summed E-state index contributed by atoms with van der Waals surface area (Å²) < 4.78 is 10.1. The lowest BCUT2D eigenvalue weighted by atomic mass is 10.2. The Hall–Kier alpha value is -1.71. The summed E-state index contributed by atoms with van der Waals surface area (Å²) in [5.41, 5.74) is 0.0665. The van der Waals surface area contributed by atoms with Gasteiger partial charge in [-0.1, -0.05) is 19.9 Å². The van der Waals surface area contributed by atoms with Crippen LogP contribution in [0, 0.1) is 0 Å². The zero-order valence-electron chi connectivity index (χ0n) is 10.1. The van der Waals surface area contributed by atoms with Crippen molar-refractivity contribution in [3.63, 3.8) is 0 Å². The molecule has 0 aliphatic heterocycles. The van der Waals surface area contributed by atoms with Crippen LogP contribution in [0.5, 0.6) is 11.5 Å². The van der Waals surface area contributed by atoms with Crippen molar-refractivity contribution in [1.82, 2.24) is 0 Å². The molecular weight excluding hydrogens is 208 g/mol. The fraction of sp³-hybridized carbons (Fsp3) is 0.417. The molecule has 0 atom stereocenters. The SMILES string of the molecule is CC.CCOc1cccc(OC)c1C(=O)O. The molecule has 90 valence electrons. The van der Waals surface area contributed by atoms with Crippen LogP contribution in [-0.2, 0) is 0 Å². The predicted octanol–water partition coefficient (Wildman–Crippen LogP) is 2.82. The van der Waals surface area contributed by atoms with Gasteiger partial charge in [0.05, 0.1) is 13.7 Å². The standard InChI is InChI=1S/C10H12O4.C2H6/c1-3-14-8-6-4-5-7(13-2)9(8)10(11)12;1-2/h4-6H,3H2,1-2H3,(H,11,12);1-2H3. The molecule has 0 aliphatic rings. The molecular formula is C12H18O4. The molecule has 0 spiro atoms. The second-order valence-electron chi connectivity index (χ2n) is 2.57. The average Bonchev–Trinajstić information content (AvgIpc) is 2.31. The number of aromatic carboxylic acids is 1. The summed E-state index contributed by atoms with van der Waals surface area (Å²) in [5.74, 6) is -0.409. The van der Waals surface area contributed by atoms with Crippen molar-refractivity contribution in [1.29, 1.82) is 0 Å². The quantitative estimate of drug-likeness (QED) is 0.857. The molecule has 16 heavy (non-hydrogen) atoms. The minimum absolute atomic E-state index is 0.0665. The predicted molar refractivity (Wildman–Crippen MR) is 62.5 cm³/mol. The molecule has 4 nitrogen and oxygen atoms in total. The zero-order chi connectivity index (χ0) is 12.6. The normalized spacial score (nSPS) is 8.75. The lowest BCUT2D eigenvalue weighted by Crippen LogP contribution is -2.05. The molecule has 0 saturated carbocycles. The van der Waals surface area contributed by atoms with Crippen LogP contribution in [0.1, 0.15) is 31.1 Å². The van der Waals surface area contributed by atoms with Crippen LogP contribution in [-0.4, -0.2) is 24.8 Å². The third kappa shape index (κ3) is 3.46. The van der Waals surface area contributed by atoms with Crippen LogP contribution < -0.4 is 9.47 Å². The van der Waals surface area contributed by atoms with Crippen LogP contribution >= 0.6 is 0 Å². The van der Waals surface area contributed by atoms with Crippen LogP contribution in [0.3, 0.4) is 0 Å². The molecule has 1 aromatic carbocycles. The van der Waals surface area contributed by atoms with Gasteiger partial charge in [0, 0.05) is 0 Å². The molecule has 0 amide bonds. The van der Waals surface area contributed by atoms with Crippen LogP contribution in [0.2, 0.25) is 0 Å². The summed E-state index contributed by atoms with van der Waals surface area (Å²) in [6, 6.07) is 4.89. The minimum Gasteiger partial charge on any atom is -0.496 e. The first-order valence-corrected chi connectivity index (χ1v) is 5.23. The van der Waals surface area contributed by atoms with Crippen molar-refractivity contribution in [2.45, 2.75) is 20.8 Å². The number of carboxylic acid groups (broad SMARTS) is 1. The van der Waals surface area contributed by atoms with Crippen molar-refractivity contribution in [3.8, 4) is 11.5 Å². The van der Waals surface area contributed by atoms with E-state index in [9.17, 15) is 4.79 Å². The van der Waals surface area contributed by atoms with Gasteiger partial charge >= 0.3 is 5.97 Å². The molecule has 0 saturated heterocycles. The maximum absolute atomic E-state index is 10.9. The number of carboxylic acids is 1. The molecule has 0 fully saturated rings. The van der Waals surface area contributed by atoms with E-state index in [1.165, 1.54) is 7.11 Å². The third-order valence-corrected chi connectivity index (χ3v) is 1.72. The zero-order valence-corrected chi connectivity index (χ0v) is 10.1. The average molecular weight is 226 g/mol. The van der Waals surface area contributed by atoms with Crippen LogP contribution in [0.4, 0.5) is 0 Å². The number of benzene rings is 1. The fourth-order valence-corrected chi connectivity index (χ4v) is 1.17. The maximum atomic E-state index is 10.9. The van der Waals surface area contributed by atoms with E-state index >= 15 is 0 Å². The Morgan fingerprint density at radius 1 is 1.31 bits per heavy atom. The van der Waals surface area contributed by atoms with Gasteiger partial charge in [-0.05, 0) is 19.1 Å². The summed E-state index contributed by atoms with van der Waals surface area (Å²) in [6.07, 6.45) is 0. The molecule has 1 rings (SSSR count). The van der Waals surface area contributed by atoms with Crippen LogP contribution in [0.15, 0.2) is 18.2 Å². The lowest BCUT2D eigenvalue weighted by Gasteiger charge is -2.10. The van der Waals surface area contributed by atoms with Crippen molar-refractivity contribution in [3.05, 3.63) is 23.8 Å². The first kappa shape index (κ1) is 14.3. The summed E-state index contributed by atoms with van der Waals surface area (Å²) in [6.45, 7) is 6.22. The van der Waals surface area contributed by atoms with Gasteiger partial charge in [0.25, 0.3) is 0 Å². The molecule has 0 aromatic heterocycles. The molecule has 1 N–H and O–H groups in total. The Bertz CT molecular complexity index is 334. The molecule has 4 heteroatoms. The lowest BCUT2D eigenvalue weighted by molar-refractivity contribution is 0.0688. The minimum atomic E-state index is -1.05. The Morgan fingerprint density at radius 3 is 2.31 bits per heavy atom. The van der Waals surface area contributed by atoms with E-state index in [4.69, 9.17) is 14.6 Å². The van der Waals surface area contributed by atoms with Crippen molar-refractivity contribution in [2.75, 3.05) is 13.7 Å². The Kier molecular flexibility index (Phi) is 6.76. The van der Waals surface area contributed by atoms with Gasteiger partial charge in [-0.3, -0.25) is 0 Å². The molecule has 0 radical (unpaired) electrons. The smallest absolute Gasteiger partial charge is 0.343 e. The van der Waals surface area contributed by atoms with Gasteiger partial charge in [0.15, 0.2) is 0 Å². The number of hydrogen-bond acceptors (Lipinski definition) is 3. The van der Waals surface area contributed by atoms with Gasteiger partial charge in [-0.2, -0.15) is 0 Å². The fourth-order valence-electron chi connectivity index (χ4n) is 1.17. The first-order chi connectivity index (χ1) is 7.70. The van der Waals surface area contributed by atoms with E-state index in [1.807, 2.05) is 13.8 Å². The third-order valence-electron chi connectivity index (χ3n) is 1.72. The number of ether oxygens (including phenoxy) is 2. The molecule has 0 bridgehead atoms. The largest absolute Gasteiger partial charge is 0.496 e. The molecule has 0 heterocycles. The van der Waals surface area contributed by atoms with Crippen molar-refractivity contribution < 1.29 is 19.4 Å². The summed E-state index contributed by atoms with van der Waals surface area (Å²) >= 11 is 0. The highest BCUT2D eigenvalue weighted by Crippen LogP contribution is 2.28. The Morgan fingerprint density at radius 2 is 1.88 bits per heavy atom. The Balaban J connectivity index is 0.00000106. The van der Waals surface area contributed by atoms with E-state index in [-0.39, 0.29) is 5.56 Å². The van der Waals surface area contributed by atoms with E-state index in [2.05, 4.69) is 0 Å². The highest BCUT2D eigenvalue weighted by atomic mass is 16.5. The molecule has 0 unspecified atom stereocenters. The molecule has 1 aromatic rings. The number of carbonyl (C=O) groups is 1. The van der Waals surface area contributed by atoms with E-state index in [0.29, 0.717) is 18.1 Å². The highest BCUT2D eigenvalue weighted by molar-refractivity contribution is 5.94. The molecule has 0 aliphatic carbocycles. The van der Waals surface area contributed by atoms with Gasteiger partial charge in [0.2, 0.25) is 0 Å². The van der Waals surface area contributed by atoms with Crippen molar-refractivity contribution in [2.24, 2.45) is 0 Å². The van der Waals surface area contributed by atoms with Gasteiger partial charge in [-0.15, -0.1) is 0 Å². The van der Waals surface area contributed by atoms with E-state index in [1.54, 1.807) is 25.1 Å². The number of rotatable bonds is 4. The highest BCUT2D eigenvalue weighted by Gasteiger charge is 2.16. The monoisotopic (exact) mass is 226 g/mol. The van der Waals surface area contributed by atoms with Gasteiger partial charge in [-0.25, -0.2) is 4.79 Å². The summed E-state index contributed by atoms with van der Waals surface area (Å²) in [5, 5.41) is 8.94. The maximum Gasteiger partial charge on any atom is 0.343 e. The van der Waals surface area contributed by atoms with E-state index < -0.39 is 5.97 Å². The van der Waals surface area contributed by atoms with Gasteiger partial charge < -0.3 is 14.6 Å². The second-order valence-corrected chi connectivity index (χ2v) is 2.57. The first-order valence-electron chi connectivity index (χ1n) is 5.23. The topological polar surface area (TPSA) is 55.8 Å². The van der Waals surface area contributed by atoms with Crippen LogP contribution in [0.25, 0.3) is 0 Å². The summed E-state index contributed by atoms with van der Waals surface area (Å²) in [7, 11) is 1.43. The summed E-state index contributed by atoms with van der Waals surface area (Å²) in [4.78, 5) is 10.9. The van der Waals surface area contributed by atoms with Crippen molar-refractivity contribution >= 4 is 5.97 Å².